The molecular weight excluding hydrogens is 472 g/mol. The second-order valence-corrected chi connectivity index (χ2v) is 9.18. The molecule has 0 spiro atoms. The number of hydrogen-bond acceptors (Lipinski definition) is 6. The number of rotatable bonds is 6. The van der Waals surface area contributed by atoms with E-state index in [4.69, 9.17) is 19.2 Å². The largest absolute Gasteiger partial charge is 0.497 e. The number of amides is 3. The van der Waals surface area contributed by atoms with Crippen molar-refractivity contribution in [1.29, 1.82) is 0 Å². The molecule has 0 radical (unpaired) electrons. The predicted molar refractivity (Wildman–Crippen MR) is 138 cm³/mol. The second-order valence-electron chi connectivity index (χ2n) is 9.18. The number of methoxy groups -OCH3 is 1. The number of piperidine rings is 1. The van der Waals surface area contributed by atoms with Gasteiger partial charge in [0.25, 0.3) is 5.91 Å². The summed E-state index contributed by atoms with van der Waals surface area (Å²) in [6, 6.07) is 16.5. The highest BCUT2D eigenvalue weighted by Crippen LogP contribution is 2.33. The summed E-state index contributed by atoms with van der Waals surface area (Å²) in [7, 11) is 1.59. The Morgan fingerprint density at radius 3 is 2.68 bits per heavy atom. The summed E-state index contributed by atoms with van der Waals surface area (Å²) in [5.41, 5.74) is 3.84. The van der Waals surface area contributed by atoms with Gasteiger partial charge in [-0.1, -0.05) is 12.1 Å². The number of benzene rings is 2. The molecule has 0 saturated carbocycles. The van der Waals surface area contributed by atoms with Crippen LogP contribution in [0.1, 0.15) is 46.1 Å². The first-order chi connectivity index (χ1) is 18.0. The fourth-order valence-corrected chi connectivity index (χ4v) is 4.67. The lowest BCUT2D eigenvalue weighted by Crippen LogP contribution is -2.41. The van der Waals surface area contributed by atoms with E-state index in [1.54, 1.807) is 18.1 Å². The van der Waals surface area contributed by atoms with Crippen LogP contribution in [0.3, 0.4) is 0 Å². The average molecular weight is 503 g/mol. The van der Waals surface area contributed by atoms with Crippen LogP contribution in [0.15, 0.2) is 54.6 Å². The summed E-state index contributed by atoms with van der Waals surface area (Å²) >= 11 is 0. The van der Waals surface area contributed by atoms with Crippen molar-refractivity contribution in [3.8, 4) is 17.2 Å². The van der Waals surface area contributed by atoms with E-state index in [0.717, 1.165) is 29.8 Å². The number of likely N-dealkylation sites (tertiary alicyclic amines) is 1. The van der Waals surface area contributed by atoms with Crippen LogP contribution in [0.5, 0.6) is 17.2 Å². The Balaban J connectivity index is 1.21. The summed E-state index contributed by atoms with van der Waals surface area (Å²) in [5, 5.41) is 5.95. The number of ether oxygens (including phenoxy) is 3. The van der Waals surface area contributed by atoms with Gasteiger partial charge in [0, 0.05) is 43.0 Å². The van der Waals surface area contributed by atoms with Crippen molar-refractivity contribution in [1.82, 2.24) is 15.2 Å². The highest BCUT2D eigenvalue weighted by molar-refractivity contribution is 5.95. The number of pyridine rings is 1. The van der Waals surface area contributed by atoms with E-state index >= 15 is 0 Å². The van der Waals surface area contributed by atoms with Crippen molar-refractivity contribution in [3.63, 3.8) is 0 Å². The number of aromatic nitrogens is 1. The number of anilines is 1. The average Bonchev–Trinajstić information content (AvgIpc) is 3.40. The molecule has 3 heterocycles. The van der Waals surface area contributed by atoms with Crippen LogP contribution in [-0.2, 0) is 6.54 Å². The number of urea groups is 1. The third kappa shape index (κ3) is 5.61. The van der Waals surface area contributed by atoms with Crippen LogP contribution >= 0.6 is 0 Å². The Kier molecular flexibility index (Phi) is 7.11. The molecule has 1 fully saturated rings. The fourth-order valence-electron chi connectivity index (χ4n) is 4.67. The molecule has 0 atom stereocenters. The molecule has 2 aliphatic rings. The first kappa shape index (κ1) is 24.4. The van der Waals surface area contributed by atoms with Crippen molar-refractivity contribution in [2.75, 3.05) is 32.3 Å². The van der Waals surface area contributed by atoms with Crippen LogP contribution in [0.4, 0.5) is 10.5 Å². The van der Waals surface area contributed by atoms with Crippen LogP contribution in [0.2, 0.25) is 0 Å². The van der Waals surface area contributed by atoms with Gasteiger partial charge in [0.15, 0.2) is 11.5 Å². The number of aryl methyl sites for hydroxylation is 1. The first-order valence-electron chi connectivity index (χ1n) is 12.3. The molecule has 2 aromatic carbocycles. The summed E-state index contributed by atoms with van der Waals surface area (Å²) in [5.74, 6) is 2.01. The van der Waals surface area contributed by atoms with Crippen molar-refractivity contribution in [2.24, 2.45) is 0 Å². The van der Waals surface area contributed by atoms with Gasteiger partial charge >= 0.3 is 6.03 Å². The van der Waals surface area contributed by atoms with E-state index < -0.39 is 0 Å². The van der Waals surface area contributed by atoms with Gasteiger partial charge in [0.05, 0.1) is 18.4 Å². The molecule has 3 amide bonds. The van der Waals surface area contributed by atoms with E-state index in [1.807, 2.05) is 55.5 Å². The van der Waals surface area contributed by atoms with Crippen LogP contribution in [0.25, 0.3) is 0 Å². The summed E-state index contributed by atoms with van der Waals surface area (Å²) < 4.78 is 16.0. The maximum atomic E-state index is 13.2. The van der Waals surface area contributed by atoms with E-state index in [0.29, 0.717) is 48.1 Å². The van der Waals surface area contributed by atoms with Gasteiger partial charge in [-0.3, -0.25) is 9.78 Å². The number of carbonyl (C=O) groups excluding carboxylic acids is 2. The van der Waals surface area contributed by atoms with Gasteiger partial charge in [-0.25, -0.2) is 4.79 Å². The van der Waals surface area contributed by atoms with Crippen LogP contribution < -0.4 is 24.8 Å². The normalized spacial score (nSPS) is 14.8. The molecule has 0 unspecified atom stereocenters. The minimum atomic E-state index is -0.168. The highest BCUT2D eigenvalue weighted by Gasteiger charge is 2.28. The molecule has 0 aliphatic carbocycles. The van der Waals surface area contributed by atoms with E-state index in [1.165, 1.54) is 0 Å². The SMILES string of the molecule is COc1cccc(NC(=O)N2CCC(c3nc(C)ccc3C(=O)NCc3ccc4c(c3)OCO4)CC2)c1. The minimum absolute atomic E-state index is 0.0899. The van der Waals surface area contributed by atoms with Gasteiger partial charge in [0.2, 0.25) is 6.79 Å². The van der Waals surface area contributed by atoms with Crippen molar-refractivity contribution in [3.05, 3.63) is 77.1 Å². The van der Waals surface area contributed by atoms with Gasteiger partial charge in [0.1, 0.15) is 5.75 Å². The van der Waals surface area contributed by atoms with Gasteiger partial charge in [-0.15, -0.1) is 0 Å². The molecular formula is C28H30N4O5. The van der Waals surface area contributed by atoms with Crippen LogP contribution in [-0.4, -0.2) is 48.8 Å². The topological polar surface area (TPSA) is 102 Å². The number of carbonyl (C=O) groups is 2. The molecule has 2 N–H and O–H groups in total. The van der Waals surface area contributed by atoms with Crippen molar-refractivity contribution >= 4 is 17.6 Å². The summed E-state index contributed by atoms with van der Waals surface area (Å²) in [6.07, 6.45) is 1.45. The molecule has 0 bridgehead atoms. The Morgan fingerprint density at radius 2 is 1.86 bits per heavy atom. The Hall–Kier alpha value is -4.27. The molecule has 5 rings (SSSR count). The second kappa shape index (κ2) is 10.8. The molecule has 1 aromatic heterocycles. The zero-order valence-electron chi connectivity index (χ0n) is 21.0. The zero-order valence-corrected chi connectivity index (χ0v) is 21.0. The lowest BCUT2D eigenvalue weighted by molar-refractivity contribution is 0.0948. The number of fused-ring (bicyclic) bond motifs is 1. The van der Waals surface area contributed by atoms with Gasteiger partial charge in [-0.2, -0.15) is 0 Å². The molecule has 3 aromatic rings. The molecule has 2 aliphatic heterocycles. The molecule has 1 saturated heterocycles. The number of nitrogens with one attached hydrogen (secondary N) is 2. The smallest absolute Gasteiger partial charge is 0.321 e. The van der Waals surface area contributed by atoms with Gasteiger partial charge < -0.3 is 29.7 Å². The third-order valence-electron chi connectivity index (χ3n) is 6.69. The number of hydrogen-bond donors (Lipinski definition) is 2. The van der Waals surface area contributed by atoms with Crippen molar-refractivity contribution in [2.45, 2.75) is 32.2 Å². The quantitative estimate of drug-likeness (QED) is 0.516. The third-order valence-corrected chi connectivity index (χ3v) is 6.69. The maximum Gasteiger partial charge on any atom is 0.321 e. The van der Waals surface area contributed by atoms with E-state index in [9.17, 15) is 9.59 Å². The van der Waals surface area contributed by atoms with Crippen molar-refractivity contribution < 1.29 is 23.8 Å². The minimum Gasteiger partial charge on any atom is -0.497 e. The molecule has 192 valence electrons. The molecule has 9 heteroatoms. The Labute approximate surface area is 215 Å². The molecule has 37 heavy (non-hydrogen) atoms. The monoisotopic (exact) mass is 502 g/mol. The lowest BCUT2D eigenvalue weighted by Gasteiger charge is -2.32. The van der Waals surface area contributed by atoms with E-state index in [2.05, 4.69) is 10.6 Å². The summed E-state index contributed by atoms with van der Waals surface area (Å²) in [6.45, 7) is 3.66. The Bertz CT molecular complexity index is 1300. The molecule has 9 nitrogen and oxygen atoms in total. The maximum absolute atomic E-state index is 13.2. The lowest BCUT2D eigenvalue weighted by atomic mass is 9.90. The zero-order chi connectivity index (χ0) is 25.8. The Morgan fingerprint density at radius 1 is 1.05 bits per heavy atom. The first-order valence-corrected chi connectivity index (χ1v) is 12.3. The fraction of sp³-hybridized carbons (Fsp3) is 0.321. The van der Waals surface area contributed by atoms with Gasteiger partial charge in [-0.05, 0) is 61.7 Å². The highest BCUT2D eigenvalue weighted by atomic mass is 16.7. The standard InChI is InChI=1S/C28H30N4O5/c1-18-6-8-23(27(33)29-16-19-7-9-24-25(14-19)37-17-36-24)26(30-18)20-10-12-32(13-11-20)28(34)31-21-4-3-5-22(15-21)35-2/h3-9,14-15,20H,10-13,16-17H2,1-2H3,(H,29,33)(H,31,34). The summed E-state index contributed by atoms with van der Waals surface area (Å²) in [4.78, 5) is 32.5. The number of nitrogens with zero attached hydrogens (tertiary/aromatic N) is 2. The van der Waals surface area contributed by atoms with Crippen LogP contribution in [0, 0.1) is 6.92 Å². The van der Waals surface area contributed by atoms with E-state index in [-0.39, 0.29) is 24.6 Å². The predicted octanol–water partition coefficient (Wildman–Crippen LogP) is 4.47.